The predicted molar refractivity (Wildman–Crippen MR) is 70.9 cm³/mol. The van der Waals surface area contributed by atoms with Crippen molar-refractivity contribution in [1.82, 2.24) is 10.3 Å². The van der Waals surface area contributed by atoms with Gasteiger partial charge < -0.3 is 5.32 Å². The number of halogens is 1. The molecule has 0 fully saturated rings. The fraction of sp³-hybridized carbons (Fsp3) is 0.214. The summed E-state index contributed by atoms with van der Waals surface area (Å²) in [4.78, 5) is 4.27. The van der Waals surface area contributed by atoms with Crippen molar-refractivity contribution in [2.75, 3.05) is 0 Å². The molecule has 0 spiro atoms. The predicted octanol–water partition coefficient (Wildman–Crippen LogP) is 3.59. The smallest absolute Gasteiger partial charge is 0.0541 e. The molecule has 0 aliphatic heterocycles. The van der Waals surface area contributed by atoms with E-state index in [2.05, 4.69) is 23.3 Å². The molecule has 1 unspecified atom stereocenters. The van der Waals surface area contributed by atoms with Crippen LogP contribution in [0.3, 0.4) is 0 Å². The van der Waals surface area contributed by atoms with E-state index in [9.17, 15) is 0 Å². The lowest BCUT2D eigenvalue weighted by Crippen LogP contribution is -2.18. The summed E-state index contributed by atoms with van der Waals surface area (Å²) in [7, 11) is 0. The van der Waals surface area contributed by atoms with Crippen molar-refractivity contribution in [2.45, 2.75) is 19.5 Å². The van der Waals surface area contributed by atoms with Gasteiger partial charge >= 0.3 is 0 Å². The zero-order chi connectivity index (χ0) is 12.1. The van der Waals surface area contributed by atoms with Gasteiger partial charge in [-0.2, -0.15) is 0 Å². The number of aromatic nitrogens is 1. The fourth-order valence-electron chi connectivity index (χ4n) is 1.65. The number of nitrogens with one attached hydrogen (secondary N) is 1. The molecule has 17 heavy (non-hydrogen) atoms. The van der Waals surface area contributed by atoms with Gasteiger partial charge in [0.1, 0.15) is 0 Å². The van der Waals surface area contributed by atoms with Gasteiger partial charge in [-0.15, -0.1) is 0 Å². The van der Waals surface area contributed by atoms with E-state index in [1.807, 2.05) is 36.4 Å². The minimum absolute atomic E-state index is 0.260. The molecule has 1 aromatic heterocycles. The maximum absolute atomic E-state index is 5.97. The molecule has 1 aromatic carbocycles. The van der Waals surface area contributed by atoms with Gasteiger partial charge in [0, 0.05) is 23.8 Å². The van der Waals surface area contributed by atoms with E-state index in [0.29, 0.717) is 0 Å². The maximum Gasteiger partial charge on any atom is 0.0541 e. The van der Waals surface area contributed by atoms with E-state index in [-0.39, 0.29) is 6.04 Å². The Kier molecular flexibility index (Phi) is 4.13. The average Bonchev–Trinajstić information content (AvgIpc) is 2.37. The minimum Gasteiger partial charge on any atom is -0.305 e. The van der Waals surface area contributed by atoms with Crippen LogP contribution in [-0.2, 0) is 6.54 Å². The van der Waals surface area contributed by atoms with Gasteiger partial charge in [0.15, 0.2) is 0 Å². The van der Waals surface area contributed by atoms with Crippen molar-refractivity contribution >= 4 is 11.6 Å². The third kappa shape index (κ3) is 3.55. The van der Waals surface area contributed by atoms with E-state index in [1.165, 1.54) is 5.56 Å². The van der Waals surface area contributed by atoms with Gasteiger partial charge in [0.05, 0.1) is 5.69 Å². The second kappa shape index (κ2) is 5.80. The summed E-state index contributed by atoms with van der Waals surface area (Å²) in [6, 6.07) is 14.1. The molecule has 0 radical (unpaired) electrons. The standard InChI is InChI=1S/C14H15ClN2/c1-11(12-5-4-6-13(15)9-12)17-10-14-7-2-3-8-16-14/h2-9,11,17H,10H2,1H3. The summed E-state index contributed by atoms with van der Waals surface area (Å²) < 4.78 is 0. The highest BCUT2D eigenvalue weighted by atomic mass is 35.5. The summed E-state index contributed by atoms with van der Waals surface area (Å²) in [6.45, 7) is 2.88. The molecule has 0 saturated heterocycles. The van der Waals surface area contributed by atoms with Crippen LogP contribution in [0.1, 0.15) is 24.2 Å². The molecule has 2 nitrogen and oxygen atoms in total. The molecular weight excluding hydrogens is 232 g/mol. The highest BCUT2D eigenvalue weighted by Gasteiger charge is 2.05. The fourth-order valence-corrected chi connectivity index (χ4v) is 1.85. The SMILES string of the molecule is CC(NCc1ccccn1)c1cccc(Cl)c1. The van der Waals surface area contributed by atoms with E-state index in [0.717, 1.165) is 17.3 Å². The summed E-state index contributed by atoms with van der Waals surface area (Å²) >= 11 is 5.97. The summed E-state index contributed by atoms with van der Waals surface area (Å²) in [5.74, 6) is 0. The second-order valence-corrected chi connectivity index (χ2v) is 4.42. The third-order valence-corrected chi connectivity index (χ3v) is 2.90. The molecule has 2 aromatic rings. The summed E-state index contributed by atoms with van der Waals surface area (Å²) in [6.07, 6.45) is 1.81. The van der Waals surface area contributed by atoms with Gasteiger partial charge in [-0.1, -0.05) is 29.8 Å². The van der Waals surface area contributed by atoms with Crippen LogP contribution in [0.4, 0.5) is 0 Å². The Morgan fingerprint density at radius 3 is 2.82 bits per heavy atom. The summed E-state index contributed by atoms with van der Waals surface area (Å²) in [5.41, 5.74) is 2.23. The number of rotatable bonds is 4. The van der Waals surface area contributed by atoms with Gasteiger partial charge in [-0.05, 0) is 36.8 Å². The molecule has 0 saturated carbocycles. The summed E-state index contributed by atoms with van der Waals surface area (Å²) in [5, 5.41) is 4.19. The van der Waals surface area contributed by atoms with E-state index in [4.69, 9.17) is 11.6 Å². The Bertz CT molecular complexity index is 471. The van der Waals surface area contributed by atoms with Gasteiger partial charge in [-0.3, -0.25) is 4.98 Å². The molecule has 0 bridgehead atoms. The number of benzene rings is 1. The molecule has 0 aliphatic carbocycles. The van der Waals surface area contributed by atoms with Crippen LogP contribution in [0.25, 0.3) is 0 Å². The molecule has 3 heteroatoms. The lowest BCUT2D eigenvalue weighted by Gasteiger charge is -2.14. The maximum atomic E-state index is 5.97. The quantitative estimate of drug-likeness (QED) is 0.892. The van der Waals surface area contributed by atoms with Crippen LogP contribution in [-0.4, -0.2) is 4.98 Å². The van der Waals surface area contributed by atoms with Gasteiger partial charge in [0.2, 0.25) is 0 Å². The topological polar surface area (TPSA) is 24.9 Å². The van der Waals surface area contributed by atoms with Crippen LogP contribution in [0.2, 0.25) is 5.02 Å². The minimum atomic E-state index is 0.260. The Labute approximate surface area is 107 Å². The van der Waals surface area contributed by atoms with Gasteiger partial charge in [-0.25, -0.2) is 0 Å². The first-order chi connectivity index (χ1) is 8.25. The van der Waals surface area contributed by atoms with Gasteiger partial charge in [0.25, 0.3) is 0 Å². The Morgan fingerprint density at radius 2 is 2.12 bits per heavy atom. The molecule has 2 rings (SSSR count). The number of hydrogen-bond acceptors (Lipinski definition) is 2. The molecule has 1 heterocycles. The number of pyridine rings is 1. The zero-order valence-electron chi connectivity index (χ0n) is 9.73. The highest BCUT2D eigenvalue weighted by Crippen LogP contribution is 2.17. The lowest BCUT2D eigenvalue weighted by molar-refractivity contribution is 0.568. The third-order valence-electron chi connectivity index (χ3n) is 2.66. The van der Waals surface area contributed by atoms with Crippen LogP contribution in [0.15, 0.2) is 48.7 Å². The van der Waals surface area contributed by atoms with Crippen molar-refractivity contribution in [2.24, 2.45) is 0 Å². The van der Waals surface area contributed by atoms with Crippen molar-refractivity contribution < 1.29 is 0 Å². The monoisotopic (exact) mass is 246 g/mol. The highest BCUT2D eigenvalue weighted by molar-refractivity contribution is 6.30. The van der Waals surface area contributed by atoms with E-state index < -0.39 is 0 Å². The second-order valence-electron chi connectivity index (χ2n) is 3.98. The van der Waals surface area contributed by atoms with E-state index >= 15 is 0 Å². The molecule has 1 atom stereocenters. The first-order valence-corrected chi connectivity index (χ1v) is 6.02. The van der Waals surface area contributed by atoms with Crippen LogP contribution >= 0.6 is 11.6 Å². The lowest BCUT2D eigenvalue weighted by atomic mass is 10.1. The number of hydrogen-bond donors (Lipinski definition) is 1. The zero-order valence-corrected chi connectivity index (χ0v) is 10.5. The van der Waals surface area contributed by atoms with E-state index in [1.54, 1.807) is 6.20 Å². The van der Waals surface area contributed by atoms with Crippen molar-refractivity contribution in [3.63, 3.8) is 0 Å². The Morgan fingerprint density at radius 1 is 1.24 bits per heavy atom. The van der Waals surface area contributed by atoms with Crippen LogP contribution in [0.5, 0.6) is 0 Å². The molecule has 0 aliphatic rings. The average molecular weight is 247 g/mol. The Hall–Kier alpha value is -1.38. The first-order valence-electron chi connectivity index (χ1n) is 5.64. The number of nitrogens with zero attached hydrogens (tertiary/aromatic N) is 1. The molecule has 88 valence electrons. The Balaban J connectivity index is 1.96. The largest absolute Gasteiger partial charge is 0.305 e. The van der Waals surface area contributed by atoms with Crippen LogP contribution in [0, 0.1) is 0 Å². The van der Waals surface area contributed by atoms with Crippen molar-refractivity contribution in [3.05, 3.63) is 64.9 Å². The normalized spacial score (nSPS) is 12.4. The van der Waals surface area contributed by atoms with Crippen LogP contribution < -0.4 is 5.32 Å². The molecular formula is C14H15ClN2. The molecule has 0 amide bonds. The first kappa shape index (κ1) is 12.1. The van der Waals surface area contributed by atoms with Crippen molar-refractivity contribution in [1.29, 1.82) is 0 Å². The molecule has 1 N–H and O–H groups in total. The van der Waals surface area contributed by atoms with Crippen molar-refractivity contribution in [3.8, 4) is 0 Å².